The van der Waals surface area contributed by atoms with Gasteiger partial charge in [-0.1, -0.05) is 30.3 Å². The molecule has 0 aliphatic heterocycles. The topological polar surface area (TPSA) is 49.4 Å². The molecule has 0 bridgehead atoms. The van der Waals surface area contributed by atoms with Crippen molar-refractivity contribution >= 4 is 51.1 Å². The molecule has 0 spiro atoms. The van der Waals surface area contributed by atoms with Crippen LogP contribution >= 0.6 is 23.5 Å². The number of thioether (sulfide) groups is 2. The molecule has 0 aliphatic rings. The van der Waals surface area contributed by atoms with Crippen molar-refractivity contribution in [2.24, 2.45) is 0 Å². The standard InChI is InChI=1S/C21H20N2O2S2/c1-23(2)21(25)27-18-11-8-17(9-12-18)22-20(24)14-26-19-10-7-15-5-3-4-6-16(15)13-19/h3-13H,14H2,1-2H3,(H,22,24). The Kier molecular flexibility index (Phi) is 6.42. The highest BCUT2D eigenvalue weighted by Crippen LogP contribution is 2.25. The third kappa shape index (κ3) is 5.52. The van der Waals surface area contributed by atoms with Gasteiger partial charge in [0.25, 0.3) is 5.24 Å². The fourth-order valence-electron chi connectivity index (χ4n) is 2.40. The van der Waals surface area contributed by atoms with Crippen molar-refractivity contribution in [3.63, 3.8) is 0 Å². The van der Waals surface area contributed by atoms with E-state index in [4.69, 9.17) is 0 Å². The minimum absolute atomic E-state index is 0.0291. The van der Waals surface area contributed by atoms with Crippen molar-refractivity contribution in [1.82, 2.24) is 4.90 Å². The van der Waals surface area contributed by atoms with Gasteiger partial charge in [-0.25, -0.2) is 0 Å². The highest BCUT2D eigenvalue weighted by atomic mass is 32.2. The molecule has 3 rings (SSSR count). The quantitative estimate of drug-likeness (QED) is 0.591. The molecule has 0 aliphatic carbocycles. The van der Waals surface area contributed by atoms with Gasteiger partial charge in [-0.2, -0.15) is 0 Å². The Balaban J connectivity index is 1.53. The van der Waals surface area contributed by atoms with Crippen LogP contribution in [0.4, 0.5) is 10.5 Å². The zero-order valence-corrected chi connectivity index (χ0v) is 16.8. The molecule has 0 atom stereocenters. The highest BCUT2D eigenvalue weighted by molar-refractivity contribution is 8.13. The van der Waals surface area contributed by atoms with Crippen LogP contribution in [0.5, 0.6) is 0 Å². The third-order valence-electron chi connectivity index (χ3n) is 3.80. The van der Waals surface area contributed by atoms with E-state index in [9.17, 15) is 9.59 Å². The van der Waals surface area contributed by atoms with Crippen LogP contribution < -0.4 is 5.32 Å². The van der Waals surface area contributed by atoms with Gasteiger partial charge in [0.2, 0.25) is 5.91 Å². The molecule has 3 aromatic rings. The fourth-order valence-corrected chi connectivity index (χ4v) is 3.80. The Hall–Kier alpha value is -2.44. The van der Waals surface area contributed by atoms with Crippen LogP contribution in [0.15, 0.2) is 76.5 Å². The number of fused-ring (bicyclic) bond motifs is 1. The van der Waals surface area contributed by atoms with Crippen molar-refractivity contribution < 1.29 is 9.59 Å². The van der Waals surface area contributed by atoms with Crippen LogP contribution in [0.1, 0.15) is 0 Å². The molecule has 1 N–H and O–H groups in total. The first-order valence-corrected chi connectivity index (χ1v) is 10.2. The van der Waals surface area contributed by atoms with E-state index in [1.807, 2.05) is 42.5 Å². The number of nitrogens with zero attached hydrogens (tertiary/aromatic N) is 1. The molecule has 0 saturated heterocycles. The summed E-state index contributed by atoms with van der Waals surface area (Å²) in [4.78, 5) is 27.3. The van der Waals surface area contributed by atoms with Gasteiger partial charge in [-0.05, 0) is 58.9 Å². The van der Waals surface area contributed by atoms with Gasteiger partial charge in [0.05, 0.1) is 5.75 Å². The van der Waals surface area contributed by atoms with Gasteiger partial charge < -0.3 is 10.2 Å². The van der Waals surface area contributed by atoms with E-state index >= 15 is 0 Å². The van der Waals surface area contributed by atoms with E-state index in [1.54, 1.807) is 14.1 Å². The highest BCUT2D eigenvalue weighted by Gasteiger charge is 2.08. The molecule has 0 unspecified atom stereocenters. The first-order chi connectivity index (χ1) is 13.0. The maximum Gasteiger partial charge on any atom is 0.285 e. The molecular formula is C21H20N2O2S2. The first-order valence-electron chi connectivity index (χ1n) is 8.42. The lowest BCUT2D eigenvalue weighted by Crippen LogP contribution is -2.16. The first kappa shape index (κ1) is 19.3. The summed E-state index contributed by atoms with van der Waals surface area (Å²) in [6, 6.07) is 21.7. The molecule has 4 nitrogen and oxygen atoms in total. The Morgan fingerprint density at radius 3 is 2.26 bits per heavy atom. The summed E-state index contributed by atoms with van der Waals surface area (Å²) >= 11 is 2.67. The molecule has 27 heavy (non-hydrogen) atoms. The lowest BCUT2D eigenvalue weighted by atomic mass is 10.1. The largest absolute Gasteiger partial charge is 0.339 e. The van der Waals surface area contributed by atoms with E-state index in [0.717, 1.165) is 27.2 Å². The predicted molar refractivity (Wildman–Crippen MR) is 115 cm³/mol. The van der Waals surface area contributed by atoms with Crippen LogP contribution in [0, 0.1) is 0 Å². The number of rotatable bonds is 5. The molecule has 0 radical (unpaired) electrons. The molecule has 3 aromatic carbocycles. The average Bonchev–Trinajstić information content (AvgIpc) is 2.67. The molecule has 0 heterocycles. The summed E-state index contributed by atoms with van der Waals surface area (Å²) in [6.07, 6.45) is 0. The van der Waals surface area contributed by atoms with Gasteiger partial charge in [0, 0.05) is 29.6 Å². The normalized spacial score (nSPS) is 10.6. The number of amides is 2. The van der Waals surface area contributed by atoms with Crippen LogP contribution in [-0.2, 0) is 4.79 Å². The zero-order chi connectivity index (χ0) is 19.2. The van der Waals surface area contributed by atoms with Crippen LogP contribution in [0.25, 0.3) is 10.8 Å². The molecule has 6 heteroatoms. The van der Waals surface area contributed by atoms with Crippen LogP contribution in [0.3, 0.4) is 0 Å². The number of anilines is 1. The van der Waals surface area contributed by atoms with Crippen LogP contribution in [-0.4, -0.2) is 35.9 Å². The van der Waals surface area contributed by atoms with Crippen molar-refractivity contribution in [1.29, 1.82) is 0 Å². The minimum atomic E-state index is -0.0575. The van der Waals surface area contributed by atoms with Crippen molar-refractivity contribution in [3.8, 4) is 0 Å². The Morgan fingerprint density at radius 2 is 1.56 bits per heavy atom. The second-order valence-electron chi connectivity index (χ2n) is 6.13. The molecule has 2 amide bonds. The molecule has 0 aromatic heterocycles. The summed E-state index contributed by atoms with van der Waals surface area (Å²) < 4.78 is 0. The number of nitrogens with one attached hydrogen (secondary N) is 1. The molecule has 138 valence electrons. The maximum absolute atomic E-state index is 12.2. The second-order valence-corrected chi connectivity index (χ2v) is 8.21. The van der Waals surface area contributed by atoms with Gasteiger partial charge in [0.15, 0.2) is 0 Å². The Morgan fingerprint density at radius 1 is 0.889 bits per heavy atom. The maximum atomic E-state index is 12.2. The van der Waals surface area contributed by atoms with E-state index in [1.165, 1.54) is 27.4 Å². The summed E-state index contributed by atoms with van der Waals surface area (Å²) in [7, 11) is 3.44. The number of hydrogen-bond acceptors (Lipinski definition) is 4. The van der Waals surface area contributed by atoms with Gasteiger partial charge >= 0.3 is 0 Å². The Bertz CT molecular complexity index is 956. The van der Waals surface area contributed by atoms with Crippen LogP contribution in [0.2, 0.25) is 0 Å². The fraction of sp³-hybridized carbons (Fsp3) is 0.143. The monoisotopic (exact) mass is 396 g/mol. The number of hydrogen-bond donors (Lipinski definition) is 1. The van der Waals surface area contributed by atoms with Crippen molar-refractivity contribution in [2.45, 2.75) is 9.79 Å². The minimum Gasteiger partial charge on any atom is -0.339 e. The number of carbonyl (C=O) groups excluding carboxylic acids is 2. The SMILES string of the molecule is CN(C)C(=O)Sc1ccc(NC(=O)CSc2ccc3ccccc3c2)cc1. The summed E-state index contributed by atoms with van der Waals surface area (Å²) in [5.74, 6) is 0.284. The van der Waals surface area contributed by atoms with E-state index < -0.39 is 0 Å². The smallest absolute Gasteiger partial charge is 0.285 e. The van der Waals surface area contributed by atoms with Crippen molar-refractivity contribution in [3.05, 3.63) is 66.7 Å². The summed E-state index contributed by atoms with van der Waals surface area (Å²) in [6.45, 7) is 0. The average molecular weight is 397 g/mol. The Labute approximate surface area is 167 Å². The zero-order valence-electron chi connectivity index (χ0n) is 15.1. The molecule has 0 saturated carbocycles. The lowest BCUT2D eigenvalue weighted by molar-refractivity contribution is -0.113. The van der Waals surface area contributed by atoms with Gasteiger partial charge in [-0.3, -0.25) is 9.59 Å². The number of carbonyl (C=O) groups is 2. The predicted octanol–water partition coefficient (Wildman–Crippen LogP) is 5.34. The summed E-state index contributed by atoms with van der Waals surface area (Å²) in [5.41, 5.74) is 0.723. The van der Waals surface area contributed by atoms with E-state index in [2.05, 4.69) is 29.6 Å². The second kappa shape index (κ2) is 8.97. The lowest BCUT2D eigenvalue weighted by Gasteiger charge is -2.10. The molecule has 0 fully saturated rings. The van der Waals surface area contributed by atoms with Gasteiger partial charge in [-0.15, -0.1) is 11.8 Å². The summed E-state index contributed by atoms with van der Waals surface area (Å²) in [5, 5.41) is 5.22. The van der Waals surface area contributed by atoms with Gasteiger partial charge in [0.1, 0.15) is 0 Å². The third-order valence-corrected chi connectivity index (χ3v) is 5.84. The van der Waals surface area contributed by atoms with E-state index in [0.29, 0.717) is 5.75 Å². The van der Waals surface area contributed by atoms with E-state index in [-0.39, 0.29) is 11.1 Å². The number of benzene rings is 3. The molecular weight excluding hydrogens is 376 g/mol. The van der Waals surface area contributed by atoms with Crippen molar-refractivity contribution in [2.75, 3.05) is 25.2 Å².